The van der Waals surface area contributed by atoms with Crippen molar-refractivity contribution in [1.29, 1.82) is 0 Å². The molecular formula is C13H25N3O. The van der Waals surface area contributed by atoms with Crippen LogP contribution in [0.25, 0.3) is 0 Å². The van der Waals surface area contributed by atoms with E-state index in [4.69, 9.17) is 4.74 Å². The van der Waals surface area contributed by atoms with Gasteiger partial charge in [0.15, 0.2) is 0 Å². The van der Waals surface area contributed by atoms with E-state index in [1.165, 1.54) is 0 Å². The highest BCUT2D eigenvalue weighted by Crippen LogP contribution is 2.12. The van der Waals surface area contributed by atoms with Crippen LogP contribution < -0.4 is 5.32 Å². The molecule has 1 aromatic heterocycles. The summed E-state index contributed by atoms with van der Waals surface area (Å²) in [5.41, 5.74) is 1.12. The summed E-state index contributed by atoms with van der Waals surface area (Å²) >= 11 is 0. The first-order chi connectivity index (χ1) is 8.21. The van der Waals surface area contributed by atoms with Gasteiger partial charge in [-0.25, -0.2) is 0 Å². The molecule has 17 heavy (non-hydrogen) atoms. The molecule has 2 atom stereocenters. The van der Waals surface area contributed by atoms with Gasteiger partial charge in [0.05, 0.1) is 11.8 Å². The number of hydrogen-bond acceptors (Lipinski definition) is 3. The van der Waals surface area contributed by atoms with Gasteiger partial charge in [0.1, 0.15) is 0 Å². The molecule has 0 aromatic carbocycles. The summed E-state index contributed by atoms with van der Waals surface area (Å²) in [6.45, 7) is 5.01. The molecule has 1 N–H and O–H groups in total. The van der Waals surface area contributed by atoms with Crippen LogP contribution in [0.3, 0.4) is 0 Å². The van der Waals surface area contributed by atoms with E-state index >= 15 is 0 Å². The number of nitrogens with one attached hydrogen (secondary N) is 1. The lowest BCUT2D eigenvalue weighted by Gasteiger charge is -2.26. The second-order valence-corrected chi connectivity index (χ2v) is 4.36. The molecule has 0 saturated heterocycles. The Morgan fingerprint density at radius 1 is 1.47 bits per heavy atom. The average Bonchev–Trinajstić information content (AvgIpc) is 2.72. The van der Waals surface area contributed by atoms with Crippen LogP contribution in [-0.2, 0) is 18.2 Å². The van der Waals surface area contributed by atoms with E-state index < -0.39 is 0 Å². The quantitative estimate of drug-likeness (QED) is 0.751. The van der Waals surface area contributed by atoms with Crippen molar-refractivity contribution in [3.05, 3.63) is 18.0 Å². The van der Waals surface area contributed by atoms with E-state index in [-0.39, 0.29) is 6.10 Å². The predicted molar refractivity (Wildman–Crippen MR) is 70.1 cm³/mol. The van der Waals surface area contributed by atoms with Crippen LogP contribution in [0.1, 0.15) is 32.4 Å². The van der Waals surface area contributed by atoms with Gasteiger partial charge in [-0.3, -0.25) is 4.68 Å². The predicted octanol–water partition coefficient (Wildman–Crippen LogP) is 1.76. The third-order valence-corrected chi connectivity index (χ3v) is 2.97. The van der Waals surface area contributed by atoms with E-state index in [1.807, 2.05) is 25.0 Å². The number of rotatable bonds is 8. The van der Waals surface area contributed by atoms with Gasteiger partial charge < -0.3 is 10.1 Å². The molecule has 0 fully saturated rings. The lowest BCUT2D eigenvalue weighted by Crippen LogP contribution is -2.41. The van der Waals surface area contributed by atoms with Crippen LogP contribution in [0.15, 0.2) is 12.3 Å². The minimum atomic E-state index is 0.275. The molecule has 2 unspecified atom stereocenters. The van der Waals surface area contributed by atoms with Crippen molar-refractivity contribution in [2.45, 2.75) is 45.3 Å². The molecule has 4 heteroatoms. The molecule has 0 radical (unpaired) electrons. The molecule has 1 rings (SSSR count). The topological polar surface area (TPSA) is 39.1 Å². The number of nitrogens with zero attached hydrogens (tertiary/aromatic N) is 2. The molecule has 4 nitrogen and oxygen atoms in total. The summed E-state index contributed by atoms with van der Waals surface area (Å²) in [5, 5.41) is 7.78. The zero-order valence-electron chi connectivity index (χ0n) is 11.4. The Labute approximate surface area is 104 Å². The maximum Gasteiger partial charge on any atom is 0.0731 e. The van der Waals surface area contributed by atoms with Gasteiger partial charge in [-0.15, -0.1) is 0 Å². The van der Waals surface area contributed by atoms with Gasteiger partial charge in [-0.05, 0) is 26.5 Å². The molecule has 0 amide bonds. The molecular weight excluding hydrogens is 214 g/mol. The number of aromatic nitrogens is 2. The molecule has 98 valence electrons. The molecule has 0 bridgehead atoms. The molecule has 0 spiro atoms. The zero-order chi connectivity index (χ0) is 12.7. The van der Waals surface area contributed by atoms with Gasteiger partial charge in [0.25, 0.3) is 0 Å². The number of aryl methyl sites for hydroxylation is 1. The molecule has 0 aliphatic rings. The third kappa shape index (κ3) is 4.48. The van der Waals surface area contributed by atoms with E-state index in [9.17, 15) is 0 Å². The van der Waals surface area contributed by atoms with E-state index in [0.29, 0.717) is 6.04 Å². The van der Waals surface area contributed by atoms with Gasteiger partial charge in [-0.2, -0.15) is 5.10 Å². The van der Waals surface area contributed by atoms with E-state index in [2.05, 4.69) is 30.3 Å². The third-order valence-electron chi connectivity index (χ3n) is 2.97. The summed E-state index contributed by atoms with van der Waals surface area (Å²) in [6, 6.07) is 2.41. The maximum absolute atomic E-state index is 5.82. The Balaban J connectivity index is 2.61. The first kappa shape index (κ1) is 14.2. The summed E-state index contributed by atoms with van der Waals surface area (Å²) in [6.07, 6.45) is 5.41. The standard InChI is InChI=1S/C13H25N3O/c1-5-7-13(17-6-2)12(14-3)10-11-8-9-16(4)15-11/h8-9,12-14H,5-7,10H2,1-4H3. The largest absolute Gasteiger partial charge is 0.377 e. The first-order valence-corrected chi connectivity index (χ1v) is 6.48. The summed E-state index contributed by atoms with van der Waals surface area (Å²) < 4.78 is 7.66. The Kier molecular flexibility index (Phi) is 6.22. The van der Waals surface area contributed by atoms with E-state index in [0.717, 1.165) is 31.6 Å². The van der Waals surface area contributed by atoms with Crippen LogP contribution >= 0.6 is 0 Å². The zero-order valence-corrected chi connectivity index (χ0v) is 11.4. The van der Waals surface area contributed by atoms with Crippen molar-refractivity contribution in [1.82, 2.24) is 15.1 Å². The van der Waals surface area contributed by atoms with Crippen molar-refractivity contribution in [3.8, 4) is 0 Å². The van der Waals surface area contributed by atoms with Crippen LogP contribution in [-0.4, -0.2) is 35.6 Å². The van der Waals surface area contributed by atoms with Gasteiger partial charge in [0.2, 0.25) is 0 Å². The first-order valence-electron chi connectivity index (χ1n) is 6.48. The second-order valence-electron chi connectivity index (χ2n) is 4.36. The van der Waals surface area contributed by atoms with Crippen LogP contribution in [0.2, 0.25) is 0 Å². The molecule has 0 aliphatic heterocycles. The maximum atomic E-state index is 5.82. The SMILES string of the molecule is CCCC(OCC)C(Cc1ccn(C)n1)NC. The summed E-state index contributed by atoms with van der Waals surface area (Å²) in [4.78, 5) is 0. The van der Waals surface area contributed by atoms with Crippen molar-refractivity contribution in [3.63, 3.8) is 0 Å². The molecule has 1 aromatic rings. The smallest absolute Gasteiger partial charge is 0.0731 e. The number of hydrogen-bond donors (Lipinski definition) is 1. The normalized spacial score (nSPS) is 14.8. The fourth-order valence-electron chi connectivity index (χ4n) is 2.12. The number of ether oxygens (including phenoxy) is 1. The van der Waals surface area contributed by atoms with Crippen molar-refractivity contribution < 1.29 is 4.74 Å². The molecule has 0 aliphatic carbocycles. The second kappa shape index (κ2) is 7.45. The van der Waals surface area contributed by atoms with Gasteiger partial charge in [0, 0.05) is 32.3 Å². The highest BCUT2D eigenvalue weighted by Gasteiger charge is 2.20. The Hall–Kier alpha value is -0.870. The fraction of sp³-hybridized carbons (Fsp3) is 0.769. The van der Waals surface area contributed by atoms with Crippen LogP contribution in [0.5, 0.6) is 0 Å². The molecule has 0 saturated carbocycles. The van der Waals surface area contributed by atoms with Crippen molar-refractivity contribution in [2.75, 3.05) is 13.7 Å². The van der Waals surface area contributed by atoms with E-state index in [1.54, 1.807) is 0 Å². The Morgan fingerprint density at radius 2 is 2.24 bits per heavy atom. The average molecular weight is 239 g/mol. The van der Waals surface area contributed by atoms with Crippen molar-refractivity contribution >= 4 is 0 Å². The number of likely N-dealkylation sites (N-methyl/N-ethyl adjacent to an activating group) is 1. The Morgan fingerprint density at radius 3 is 2.71 bits per heavy atom. The minimum absolute atomic E-state index is 0.275. The Bertz CT molecular complexity index is 305. The lowest BCUT2D eigenvalue weighted by atomic mass is 10.0. The summed E-state index contributed by atoms with van der Waals surface area (Å²) in [5.74, 6) is 0. The van der Waals surface area contributed by atoms with Crippen LogP contribution in [0, 0.1) is 0 Å². The van der Waals surface area contributed by atoms with Gasteiger partial charge in [-0.1, -0.05) is 13.3 Å². The fourth-order valence-corrected chi connectivity index (χ4v) is 2.12. The van der Waals surface area contributed by atoms with Gasteiger partial charge >= 0.3 is 0 Å². The highest BCUT2D eigenvalue weighted by atomic mass is 16.5. The van der Waals surface area contributed by atoms with Crippen molar-refractivity contribution in [2.24, 2.45) is 7.05 Å². The molecule has 1 heterocycles. The minimum Gasteiger partial charge on any atom is -0.377 e. The monoisotopic (exact) mass is 239 g/mol. The summed E-state index contributed by atoms with van der Waals surface area (Å²) in [7, 11) is 3.94. The van der Waals surface area contributed by atoms with Crippen LogP contribution in [0.4, 0.5) is 0 Å². The highest BCUT2D eigenvalue weighted by molar-refractivity contribution is 5.02. The lowest BCUT2D eigenvalue weighted by molar-refractivity contribution is 0.0298.